The first-order valence-electron chi connectivity index (χ1n) is 10.2. The van der Waals surface area contributed by atoms with Gasteiger partial charge in [-0.1, -0.05) is 47.3 Å². The average Bonchev–Trinajstić information content (AvgIpc) is 3.28. The van der Waals surface area contributed by atoms with Crippen LogP contribution in [0.3, 0.4) is 0 Å². The molecule has 34 heavy (non-hydrogen) atoms. The molecule has 0 fully saturated rings. The van der Waals surface area contributed by atoms with Crippen LogP contribution in [0.2, 0.25) is 0 Å². The molecule has 0 saturated heterocycles. The summed E-state index contributed by atoms with van der Waals surface area (Å²) in [5, 5.41) is 16.9. The first kappa shape index (κ1) is 23.5. The first-order valence-corrected chi connectivity index (χ1v) is 12.7. The van der Waals surface area contributed by atoms with Crippen LogP contribution >= 0.6 is 11.8 Å². The van der Waals surface area contributed by atoms with Gasteiger partial charge in [-0.25, -0.2) is 28.2 Å². The molecular weight excluding hydrogens is 474 g/mol. The third-order valence-electron chi connectivity index (χ3n) is 4.81. The summed E-state index contributed by atoms with van der Waals surface area (Å²) < 4.78 is 24.4. The Morgan fingerprint density at radius 2 is 1.71 bits per heavy atom. The molecule has 4 rings (SSSR count). The minimum Gasteiger partial charge on any atom is -0.350 e. The lowest BCUT2D eigenvalue weighted by molar-refractivity contribution is 0.0948. The number of hydrogen-bond donors (Lipinski definition) is 2. The molecule has 0 spiro atoms. The van der Waals surface area contributed by atoms with E-state index >= 15 is 0 Å². The van der Waals surface area contributed by atoms with Gasteiger partial charge in [-0.2, -0.15) is 0 Å². The van der Waals surface area contributed by atoms with Gasteiger partial charge in [0.1, 0.15) is 0 Å². The van der Waals surface area contributed by atoms with Gasteiger partial charge in [0.15, 0.2) is 10.9 Å². The second kappa shape index (κ2) is 10.5. The largest absolute Gasteiger partial charge is 0.350 e. The zero-order chi connectivity index (χ0) is 24.0. The molecule has 0 saturated carbocycles. The van der Waals surface area contributed by atoms with E-state index in [0.29, 0.717) is 29.6 Å². The molecule has 10 nitrogen and oxygen atoms in total. The molecule has 174 valence electrons. The summed E-state index contributed by atoms with van der Waals surface area (Å²) in [6.07, 6.45) is 3.82. The van der Waals surface area contributed by atoms with E-state index < -0.39 is 10.0 Å². The second-order valence-electron chi connectivity index (χ2n) is 7.15. The molecule has 4 aromatic rings. The lowest BCUT2D eigenvalue weighted by atomic mass is 10.1. The molecule has 0 aliphatic carbocycles. The number of carbonyl (C=O) groups is 1. The Hall–Kier alpha value is -3.61. The van der Waals surface area contributed by atoms with E-state index in [4.69, 9.17) is 5.14 Å². The summed E-state index contributed by atoms with van der Waals surface area (Å²) in [7, 11) is -3.74. The zero-order valence-corrected chi connectivity index (χ0v) is 19.5. The summed E-state index contributed by atoms with van der Waals surface area (Å²) in [6, 6.07) is 17.4. The van der Waals surface area contributed by atoms with Crippen LogP contribution in [0.15, 0.2) is 83.1 Å². The summed E-state index contributed by atoms with van der Waals surface area (Å²) in [5.74, 6) is 0.0388. The third-order valence-corrected chi connectivity index (χ3v) is 6.63. The van der Waals surface area contributed by atoms with Crippen LogP contribution in [0.1, 0.15) is 21.7 Å². The fraction of sp³-hybridized carbons (Fsp3) is 0.136. The number of amides is 1. The van der Waals surface area contributed by atoms with Crippen molar-refractivity contribution in [3.8, 4) is 5.69 Å². The predicted molar refractivity (Wildman–Crippen MR) is 127 cm³/mol. The monoisotopic (exact) mass is 495 g/mol. The van der Waals surface area contributed by atoms with Gasteiger partial charge in [-0.05, 0) is 42.3 Å². The number of thioether (sulfide) groups is 1. The van der Waals surface area contributed by atoms with Gasteiger partial charge in [0.25, 0.3) is 5.91 Å². The fourth-order valence-electron chi connectivity index (χ4n) is 3.13. The highest BCUT2D eigenvalue weighted by molar-refractivity contribution is 7.98. The number of sulfonamides is 1. The highest BCUT2D eigenvalue weighted by Gasteiger charge is 2.21. The van der Waals surface area contributed by atoms with E-state index in [2.05, 4.69) is 25.6 Å². The number of carbonyl (C=O) groups excluding carboxylic acids is 1. The Morgan fingerprint density at radius 1 is 1.00 bits per heavy atom. The van der Waals surface area contributed by atoms with Crippen LogP contribution in [0.5, 0.6) is 0 Å². The minimum atomic E-state index is -3.74. The van der Waals surface area contributed by atoms with Crippen molar-refractivity contribution in [2.45, 2.75) is 22.2 Å². The molecule has 0 aliphatic heterocycles. The molecule has 0 aliphatic rings. The highest BCUT2D eigenvalue weighted by Crippen LogP contribution is 2.22. The minimum absolute atomic E-state index is 0.0438. The zero-order valence-electron chi connectivity index (χ0n) is 17.9. The van der Waals surface area contributed by atoms with Crippen LogP contribution in [0.25, 0.3) is 5.69 Å². The molecular formula is C22H21N7O3S2. The molecule has 0 unspecified atom stereocenters. The smallest absolute Gasteiger partial charge is 0.273 e. The lowest BCUT2D eigenvalue weighted by Gasteiger charge is -2.08. The number of hydrogen-bond acceptors (Lipinski definition) is 8. The Morgan fingerprint density at radius 3 is 2.38 bits per heavy atom. The number of nitrogens with two attached hydrogens (primary N) is 1. The number of nitrogens with one attached hydrogen (secondary N) is 1. The Labute approximate surface area is 200 Å². The Bertz CT molecular complexity index is 1360. The van der Waals surface area contributed by atoms with Crippen LogP contribution in [-0.2, 0) is 22.2 Å². The lowest BCUT2D eigenvalue weighted by Crippen LogP contribution is -2.27. The summed E-state index contributed by atoms with van der Waals surface area (Å²) in [5.41, 5.74) is 2.49. The van der Waals surface area contributed by atoms with Crippen LogP contribution in [-0.4, -0.2) is 45.8 Å². The van der Waals surface area contributed by atoms with Crippen molar-refractivity contribution in [1.82, 2.24) is 30.3 Å². The summed E-state index contributed by atoms with van der Waals surface area (Å²) in [4.78, 5) is 21.4. The van der Waals surface area contributed by atoms with Crippen molar-refractivity contribution in [2.75, 3.05) is 6.54 Å². The first-order chi connectivity index (χ1) is 16.4. The van der Waals surface area contributed by atoms with Gasteiger partial charge >= 0.3 is 0 Å². The number of primary sulfonamides is 1. The van der Waals surface area contributed by atoms with Crippen LogP contribution in [0.4, 0.5) is 0 Å². The molecule has 2 heterocycles. The number of benzene rings is 2. The van der Waals surface area contributed by atoms with E-state index in [1.807, 2.05) is 30.3 Å². The SMILES string of the molecule is NS(=O)(=O)c1ccc(CCNC(=O)c2nnn(-c3ccccc3)c2CSc2ncccn2)cc1. The molecule has 2 aromatic heterocycles. The number of aromatic nitrogens is 5. The van der Waals surface area contributed by atoms with Gasteiger partial charge in [0.2, 0.25) is 10.0 Å². The van der Waals surface area contributed by atoms with Gasteiger partial charge in [-0.3, -0.25) is 4.79 Å². The van der Waals surface area contributed by atoms with Gasteiger partial charge in [-0.15, -0.1) is 5.10 Å². The average molecular weight is 496 g/mol. The van der Waals surface area contributed by atoms with Crippen LogP contribution in [0, 0.1) is 0 Å². The molecule has 1 amide bonds. The molecule has 2 aromatic carbocycles. The normalized spacial score (nSPS) is 11.3. The predicted octanol–water partition coefficient (Wildman–Crippen LogP) is 1.97. The summed E-state index contributed by atoms with van der Waals surface area (Å²) >= 11 is 1.38. The maximum Gasteiger partial charge on any atom is 0.273 e. The van der Waals surface area contributed by atoms with E-state index in [1.54, 1.807) is 35.3 Å². The molecule has 0 bridgehead atoms. The van der Waals surface area contributed by atoms with E-state index in [-0.39, 0.29) is 16.5 Å². The van der Waals surface area contributed by atoms with Gasteiger partial charge < -0.3 is 5.32 Å². The Balaban J connectivity index is 1.47. The van der Waals surface area contributed by atoms with Crippen molar-refractivity contribution in [3.05, 3.63) is 90.0 Å². The third kappa shape index (κ3) is 5.84. The Kier molecular flexibility index (Phi) is 7.30. The van der Waals surface area contributed by atoms with Gasteiger partial charge in [0.05, 0.1) is 16.3 Å². The van der Waals surface area contributed by atoms with Crippen molar-refractivity contribution >= 4 is 27.7 Å². The quantitative estimate of drug-likeness (QED) is 0.265. The fourth-order valence-corrected chi connectivity index (χ4v) is 4.44. The number of para-hydroxylation sites is 1. The molecule has 12 heteroatoms. The van der Waals surface area contributed by atoms with Crippen molar-refractivity contribution in [3.63, 3.8) is 0 Å². The van der Waals surface area contributed by atoms with E-state index in [9.17, 15) is 13.2 Å². The molecule has 3 N–H and O–H groups in total. The van der Waals surface area contributed by atoms with Crippen LogP contribution < -0.4 is 10.5 Å². The second-order valence-corrected chi connectivity index (χ2v) is 9.65. The number of rotatable bonds is 9. The highest BCUT2D eigenvalue weighted by atomic mass is 32.2. The maximum absolute atomic E-state index is 12.9. The molecule has 0 radical (unpaired) electrons. The van der Waals surface area contributed by atoms with Crippen molar-refractivity contribution < 1.29 is 13.2 Å². The number of nitrogens with zero attached hydrogens (tertiary/aromatic N) is 5. The van der Waals surface area contributed by atoms with Gasteiger partial charge in [0, 0.05) is 24.7 Å². The van der Waals surface area contributed by atoms with E-state index in [1.165, 1.54) is 23.9 Å². The van der Waals surface area contributed by atoms with Crippen molar-refractivity contribution in [2.24, 2.45) is 5.14 Å². The summed E-state index contributed by atoms with van der Waals surface area (Å²) in [6.45, 7) is 0.333. The van der Waals surface area contributed by atoms with E-state index in [0.717, 1.165) is 11.3 Å². The topological polar surface area (TPSA) is 146 Å². The standard InChI is InChI=1S/C22H21N7O3S2/c23-34(31,32)18-9-7-16(8-10-18)11-14-24-21(30)20-19(15-33-22-25-12-4-13-26-22)29(28-27-20)17-5-2-1-3-6-17/h1-10,12-13H,11,14-15H2,(H,24,30)(H2,23,31,32). The van der Waals surface area contributed by atoms with Crippen molar-refractivity contribution in [1.29, 1.82) is 0 Å². The molecule has 0 atom stereocenters. The maximum atomic E-state index is 12.9.